The first-order valence-electron chi connectivity index (χ1n) is 15.5. The third-order valence-electron chi connectivity index (χ3n) is 10.5. The molecule has 0 bridgehead atoms. The van der Waals surface area contributed by atoms with Gasteiger partial charge < -0.3 is 28.8 Å². The highest BCUT2D eigenvalue weighted by molar-refractivity contribution is 5.90. The number of ether oxygens (including phenoxy) is 5. The summed E-state index contributed by atoms with van der Waals surface area (Å²) in [6.07, 6.45) is 4.06. The molecule has 10 heteroatoms. The summed E-state index contributed by atoms with van der Waals surface area (Å²) in [6.45, 7) is 4.90. The Kier molecular flexibility index (Phi) is 8.14. The van der Waals surface area contributed by atoms with Crippen LogP contribution in [0.2, 0.25) is 0 Å². The third kappa shape index (κ3) is 5.23. The van der Waals surface area contributed by atoms with Crippen LogP contribution in [0.4, 0.5) is 0 Å². The van der Waals surface area contributed by atoms with Gasteiger partial charge in [0.2, 0.25) is 0 Å². The van der Waals surface area contributed by atoms with Crippen LogP contribution in [0.5, 0.6) is 0 Å². The number of fused-ring (bicyclic) bond motifs is 2. The van der Waals surface area contributed by atoms with Gasteiger partial charge in [-0.1, -0.05) is 61.9 Å². The first-order valence-corrected chi connectivity index (χ1v) is 15.5. The lowest BCUT2D eigenvalue weighted by atomic mass is 9.41. The molecule has 46 heavy (non-hydrogen) atoms. The van der Waals surface area contributed by atoms with Gasteiger partial charge in [-0.3, -0.25) is 4.79 Å². The normalized spacial score (nSPS) is 34.7. The van der Waals surface area contributed by atoms with Crippen molar-refractivity contribution in [1.29, 1.82) is 0 Å². The van der Waals surface area contributed by atoms with Gasteiger partial charge in [-0.2, -0.15) is 0 Å². The number of rotatable bonds is 8. The second-order valence-electron chi connectivity index (χ2n) is 13.0. The minimum Gasteiger partial charge on any atom is -0.465 e. The number of aliphatic hydroxyl groups is 1. The van der Waals surface area contributed by atoms with Gasteiger partial charge in [0.25, 0.3) is 0 Å². The van der Waals surface area contributed by atoms with Crippen molar-refractivity contribution in [2.45, 2.75) is 63.4 Å². The summed E-state index contributed by atoms with van der Waals surface area (Å²) in [6, 6.07) is 16.8. The topological polar surface area (TPSA) is 138 Å². The predicted octanol–water partition coefficient (Wildman–Crippen LogP) is 4.37. The molecule has 2 saturated carbocycles. The van der Waals surface area contributed by atoms with E-state index < -0.39 is 64.0 Å². The van der Waals surface area contributed by atoms with Crippen molar-refractivity contribution in [1.82, 2.24) is 0 Å². The van der Waals surface area contributed by atoms with Crippen LogP contribution in [0.25, 0.3) is 0 Å². The standard InChI is InChI=1S/C36H38O10/c1-23(37)43-22-36-27(15-10-17-35(36)21-44-35)33(2,18-16-24-19-28(38)42-20-24)34(3,41)29(45-31(39)25-11-6-4-7-12-25)30(36)46-32(40)26-13-8-5-9-14-26/h4-9,11-14,16,18-19,27,29-30,41H,10,15,17,20-22H2,1-3H3/b18-16+/t27-,29+,30+,33-,34+,35+,36+/m1/s1. The van der Waals surface area contributed by atoms with Crippen LogP contribution in [-0.2, 0) is 33.3 Å². The van der Waals surface area contributed by atoms with Crippen LogP contribution in [-0.4, -0.2) is 72.2 Å². The lowest BCUT2D eigenvalue weighted by molar-refractivity contribution is -0.291. The van der Waals surface area contributed by atoms with E-state index >= 15 is 0 Å². The maximum Gasteiger partial charge on any atom is 0.338 e. The number of hydrogen-bond donors (Lipinski definition) is 1. The zero-order valence-corrected chi connectivity index (χ0v) is 26.1. The Balaban J connectivity index is 1.55. The zero-order valence-electron chi connectivity index (χ0n) is 26.1. The Hall–Kier alpha value is -4.28. The molecule has 2 aliphatic carbocycles. The molecule has 0 radical (unpaired) electrons. The smallest absolute Gasteiger partial charge is 0.338 e. The average molecular weight is 631 g/mol. The highest BCUT2D eigenvalue weighted by Crippen LogP contribution is 2.70. The van der Waals surface area contributed by atoms with Gasteiger partial charge in [0.05, 0.1) is 23.1 Å². The van der Waals surface area contributed by atoms with Crippen molar-refractivity contribution in [3.63, 3.8) is 0 Å². The van der Waals surface area contributed by atoms with E-state index in [4.69, 9.17) is 23.7 Å². The van der Waals surface area contributed by atoms with Gasteiger partial charge >= 0.3 is 23.9 Å². The van der Waals surface area contributed by atoms with E-state index in [1.807, 2.05) is 13.0 Å². The lowest BCUT2D eigenvalue weighted by Gasteiger charge is -2.66. The maximum atomic E-state index is 13.8. The SMILES string of the molecule is CC(=O)OC[C@@]12[C@@H](OC(=O)c3ccccc3)[C@H](OC(=O)c3ccccc3)[C@](C)(O)[C@](C)(/C=C/C3=CC(=O)OC3)[C@H]1CCC[C@]21CO1. The Morgan fingerprint density at radius 1 is 0.957 bits per heavy atom. The number of hydrogen-bond acceptors (Lipinski definition) is 10. The van der Waals surface area contributed by atoms with E-state index in [0.717, 1.165) is 6.42 Å². The highest BCUT2D eigenvalue weighted by atomic mass is 16.6. The molecular weight excluding hydrogens is 592 g/mol. The largest absolute Gasteiger partial charge is 0.465 e. The molecule has 4 aliphatic rings. The number of carbonyl (C=O) groups is 4. The van der Waals surface area contributed by atoms with Gasteiger partial charge in [-0.15, -0.1) is 0 Å². The summed E-state index contributed by atoms with van der Waals surface area (Å²) in [5.74, 6) is -2.91. The van der Waals surface area contributed by atoms with Gasteiger partial charge in [0.1, 0.15) is 24.4 Å². The molecule has 0 amide bonds. The second kappa shape index (κ2) is 11.8. The third-order valence-corrected chi connectivity index (χ3v) is 10.5. The molecule has 1 N–H and O–H groups in total. The molecule has 2 aromatic rings. The molecule has 10 nitrogen and oxygen atoms in total. The van der Waals surface area contributed by atoms with E-state index in [9.17, 15) is 24.3 Å². The van der Waals surface area contributed by atoms with Crippen LogP contribution in [0.3, 0.4) is 0 Å². The number of cyclic esters (lactones) is 1. The Bertz CT molecular complexity index is 1570. The van der Waals surface area contributed by atoms with Crippen molar-refractivity contribution in [2.75, 3.05) is 19.8 Å². The molecular formula is C36H38O10. The fourth-order valence-electron chi connectivity index (χ4n) is 7.86. The molecule has 2 aliphatic heterocycles. The van der Waals surface area contributed by atoms with Crippen LogP contribution in [0, 0.1) is 16.7 Å². The summed E-state index contributed by atoms with van der Waals surface area (Å²) in [5, 5.41) is 12.8. The molecule has 7 atom stereocenters. The van der Waals surface area contributed by atoms with Crippen molar-refractivity contribution >= 4 is 23.9 Å². The van der Waals surface area contributed by atoms with Crippen molar-refractivity contribution in [2.24, 2.45) is 16.7 Å². The molecule has 1 saturated heterocycles. The van der Waals surface area contributed by atoms with E-state index in [1.54, 1.807) is 73.7 Å². The minimum absolute atomic E-state index is 0.0770. The Morgan fingerprint density at radius 3 is 2.07 bits per heavy atom. The van der Waals surface area contributed by atoms with Crippen LogP contribution in [0.1, 0.15) is 60.7 Å². The lowest BCUT2D eigenvalue weighted by Crippen LogP contribution is -2.77. The highest BCUT2D eigenvalue weighted by Gasteiger charge is 2.80. The summed E-state index contributed by atoms with van der Waals surface area (Å²) < 4.78 is 29.8. The van der Waals surface area contributed by atoms with Crippen molar-refractivity contribution < 1.29 is 48.0 Å². The van der Waals surface area contributed by atoms with Gasteiger partial charge in [0.15, 0.2) is 12.2 Å². The van der Waals surface area contributed by atoms with E-state index in [1.165, 1.54) is 13.0 Å². The van der Waals surface area contributed by atoms with Gasteiger partial charge in [-0.25, -0.2) is 14.4 Å². The molecule has 0 aromatic heterocycles. The summed E-state index contributed by atoms with van der Waals surface area (Å²) >= 11 is 0. The maximum absolute atomic E-state index is 13.8. The van der Waals surface area contributed by atoms with Crippen LogP contribution < -0.4 is 0 Å². The zero-order chi connectivity index (χ0) is 32.7. The minimum atomic E-state index is -1.85. The molecule has 2 aromatic carbocycles. The van der Waals surface area contributed by atoms with Crippen LogP contribution in [0.15, 0.2) is 84.5 Å². The van der Waals surface area contributed by atoms with Crippen molar-refractivity contribution in [3.8, 4) is 0 Å². The molecule has 0 unspecified atom stereocenters. The van der Waals surface area contributed by atoms with E-state index in [-0.39, 0.29) is 24.3 Å². The fraction of sp³-hybridized carbons (Fsp3) is 0.444. The Labute approximate surface area is 267 Å². The molecule has 1 spiro atoms. The average Bonchev–Trinajstić information content (AvgIpc) is 3.71. The molecule has 3 fully saturated rings. The summed E-state index contributed by atoms with van der Waals surface area (Å²) in [4.78, 5) is 51.9. The van der Waals surface area contributed by atoms with E-state index in [2.05, 4.69) is 0 Å². The number of esters is 4. The predicted molar refractivity (Wildman–Crippen MR) is 163 cm³/mol. The molecule has 2 heterocycles. The number of carbonyl (C=O) groups excluding carboxylic acids is 4. The monoisotopic (exact) mass is 630 g/mol. The van der Waals surface area contributed by atoms with Crippen molar-refractivity contribution in [3.05, 3.63) is 95.6 Å². The fourth-order valence-corrected chi connectivity index (χ4v) is 7.86. The van der Waals surface area contributed by atoms with Gasteiger partial charge in [0, 0.05) is 18.4 Å². The number of benzene rings is 2. The quantitative estimate of drug-likeness (QED) is 0.254. The van der Waals surface area contributed by atoms with Gasteiger partial charge in [-0.05, 0) is 55.5 Å². The second-order valence-corrected chi connectivity index (χ2v) is 13.0. The molecule has 242 valence electrons. The summed E-state index contributed by atoms with van der Waals surface area (Å²) in [7, 11) is 0. The Morgan fingerprint density at radius 2 is 1.54 bits per heavy atom. The van der Waals surface area contributed by atoms with E-state index in [0.29, 0.717) is 25.0 Å². The summed E-state index contributed by atoms with van der Waals surface area (Å²) in [5.41, 5.74) is -4.04. The number of epoxide rings is 1. The van der Waals surface area contributed by atoms with Crippen LogP contribution >= 0.6 is 0 Å². The first kappa shape index (κ1) is 31.7. The first-order chi connectivity index (χ1) is 21.9. The molecule has 6 rings (SSSR count).